The Bertz CT molecular complexity index is 3300. The van der Waals surface area contributed by atoms with E-state index in [0.717, 1.165) is 72.0 Å². The van der Waals surface area contributed by atoms with Crippen molar-refractivity contribution in [2.75, 3.05) is 0 Å². The number of para-hydroxylation sites is 3. The second-order valence-electron chi connectivity index (χ2n) is 14.4. The van der Waals surface area contributed by atoms with Crippen LogP contribution in [0.2, 0.25) is 0 Å². The van der Waals surface area contributed by atoms with Gasteiger partial charge in [-0.05, 0) is 59.7 Å². The predicted molar refractivity (Wildman–Crippen MR) is 235 cm³/mol. The van der Waals surface area contributed by atoms with E-state index in [9.17, 15) is 5.26 Å². The molecule has 0 amide bonds. The quantitative estimate of drug-likeness (QED) is 0.170. The molecule has 270 valence electrons. The van der Waals surface area contributed by atoms with Gasteiger partial charge in [-0.3, -0.25) is 0 Å². The average Bonchev–Trinajstić information content (AvgIpc) is 3.81. The molecule has 6 heteroatoms. The zero-order valence-electron chi connectivity index (χ0n) is 31.2. The van der Waals surface area contributed by atoms with Gasteiger partial charge in [0.2, 0.25) is 0 Å². The summed E-state index contributed by atoms with van der Waals surface area (Å²) >= 11 is 0. The second-order valence-corrected chi connectivity index (χ2v) is 14.4. The molecule has 0 aliphatic carbocycles. The van der Waals surface area contributed by atoms with E-state index in [1.165, 1.54) is 10.8 Å². The second kappa shape index (κ2) is 13.6. The maximum Gasteiger partial charge on any atom is 0.166 e. The summed E-state index contributed by atoms with van der Waals surface area (Å²) in [6, 6.07) is 69.1. The molecule has 8 aromatic carbocycles. The Labute approximate surface area is 334 Å². The molecule has 3 heterocycles. The van der Waals surface area contributed by atoms with E-state index in [0.29, 0.717) is 23.0 Å². The molecule has 0 bridgehead atoms. The van der Waals surface area contributed by atoms with E-state index in [4.69, 9.17) is 15.0 Å². The molecule has 0 aliphatic rings. The zero-order chi connectivity index (χ0) is 38.6. The first-order valence-electron chi connectivity index (χ1n) is 19.3. The van der Waals surface area contributed by atoms with Gasteiger partial charge in [0.15, 0.2) is 17.5 Å². The van der Waals surface area contributed by atoms with Crippen molar-refractivity contribution in [3.63, 3.8) is 0 Å². The van der Waals surface area contributed by atoms with Gasteiger partial charge in [0.1, 0.15) is 0 Å². The Hall–Kier alpha value is -8.14. The zero-order valence-corrected chi connectivity index (χ0v) is 31.2. The van der Waals surface area contributed by atoms with Crippen molar-refractivity contribution in [3.8, 4) is 62.7 Å². The number of rotatable bonds is 6. The molecule has 0 unspecified atom stereocenters. The normalized spacial score (nSPS) is 11.4. The summed E-state index contributed by atoms with van der Waals surface area (Å²) in [4.78, 5) is 15.5. The maximum absolute atomic E-state index is 10.2. The van der Waals surface area contributed by atoms with Crippen molar-refractivity contribution in [2.24, 2.45) is 0 Å². The van der Waals surface area contributed by atoms with E-state index >= 15 is 0 Å². The van der Waals surface area contributed by atoms with Gasteiger partial charge in [-0.15, -0.1) is 0 Å². The summed E-state index contributed by atoms with van der Waals surface area (Å²) in [5.74, 6) is 1.69. The molecule has 0 radical (unpaired) electrons. The monoisotopic (exact) mass is 740 g/mol. The number of hydrogen-bond donors (Lipinski definition) is 0. The first kappa shape index (κ1) is 33.2. The summed E-state index contributed by atoms with van der Waals surface area (Å²) in [5.41, 5.74) is 11.3. The lowest BCUT2D eigenvalue weighted by molar-refractivity contribution is 1.06. The van der Waals surface area contributed by atoms with Gasteiger partial charge in [-0.1, -0.05) is 146 Å². The first-order valence-corrected chi connectivity index (χ1v) is 19.3. The lowest BCUT2D eigenvalue weighted by atomic mass is 9.97. The summed E-state index contributed by atoms with van der Waals surface area (Å²) in [6.07, 6.45) is 0. The Balaban J connectivity index is 1.23. The molecule has 58 heavy (non-hydrogen) atoms. The fourth-order valence-electron chi connectivity index (χ4n) is 8.40. The Morgan fingerprint density at radius 2 is 0.862 bits per heavy atom. The van der Waals surface area contributed by atoms with Gasteiger partial charge in [0, 0.05) is 43.9 Å². The molecule has 11 rings (SSSR count). The highest BCUT2D eigenvalue weighted by atomic mass is 15.1. The SMILES string of the molecule is N#Cc1ccccc1-c1ccc(-n2c3ccccc3c3ccc(-n4c5ccccc5c5ccccc54)cc32)c(-c2nc(-c3ccccc3)nc(-c3ccccc3)n2)c1. The number of fused-ring (bicyclic) bond motifs is 6. The van der Waals surface area contributed by atoms with Crippen LogP contribution in [-0.4, -0.2) is 24.1 Å². The molecular formula is C52H32N6. The van der Waals surface area contributed by atoms with Crippen LogP contribution in [0.4, 0.5) is 0 Å². The molecule has 0 fully saturated rings. The van der Waals surface area contributed by atoms with Gasteiger partial charge in [0.25, 0.3) is 0 Å². The summed E-state index contributed by atoms with van der Waals surface area (Å²) in [5, 5.41) is 14.9. The Morgan fingerprint density at radius 3 is 1.47 bits per heavy atom. The van der Waals surface area contributed by atoms with Crippen LogP contribution in [0.3, 0.4) is 0 Å². The summed E-state index contributed by atoms with van der Waals surface area (Å²) in [6.45, 7) is 0. The maximum atomic E-state index is 10.2. The largest absolute Gasteiger partial charge is 0.309 e. The number of nitriles is 1. The highest BCUT2D eigenvalue weighted by molar-refractivity contribution is 6.12. The third-order valence-corrected chi connectivity index (χ3v) is 11.0. The van der Waals surface area contributed by atoms with Crippen LogP contribution >= 0.6 is 0 Å². The number of hydrogen-bond acceptors (Lipinski definition) is 4. The number of benzene rings is 8. The highest BCUT2D eigenvalue weighted by Gasteiger charge is 2.22. The van der Waals surface area contributed by atoms with E-state index < -0.39 is 0 Å². The molecular weight excluding hydrogens is 709 g/mol. The molecule has 0 saturated heterocycles. The minimum absolute atomic E-state index is 0.531. The fourth-order valence-corrected chi connectivity index (χ4v) is 8.40. The van der Waals surface area contributed by atoms with Crippen LogP contribution in [0, 0.1) is 11.3 Å². The van der Waals surface area contributed by atoms with Crippen LogP contribution in [-0.2, 0) is 0 Å². The van der Waals surface area contributed by atoms with Crippen molar-refractivity contribution < 1.29 is 0 Å². The van der Waals surface area contributed by atoms with Crippen molar-refractivity contribution in [3.05, 3.63) is 200 Å². The molecule has 3 aromatic heterocycles. The van der Waals surface area contributed by atoms with Gasteiger partial charge in [-0.2, -0.15) is 5.26 Å². The standard InChI is InChI=1S/C52H32N6/c53-33-37-19-7-8-20-39(37)36-27-30-48(44(31-36)52-55-50(34-15-3-1-4-16-34)54-51(56-52)35-17-5-2-6-18-35)58-47-26-14-11-23-42(47)43-29-28-38(32-49(43)58)57-45-24-12-9-21-40(45)41-22-10-13-25-46(41)57/h1-32H. The van der Waals surface area contributed by atoms with Crippen LogP contribution in [0.25, 0.3) is 100 Å². The summed E-state index contributed by atoms with van der Waals surface area (Å²) < 4.78 is 4.70. The first-order chi connectivity index (χ1) is 28.7. The molecule has 0 spiro atoms. The van der Waals surface area contributed by atoms with E-state index in [1.807, 2.05) is 84.9 Å². The Morgan fingerprint density at radius 1 is 0.362 bits per heavy atom. The van der Waals surface area contributed by atoms with Gasteiger partial charge in [-0.25, -0.2) is 15.0 Å². The van der Waals surface area contributed by atoms with Gasteiger partial charge < -0.3 is 9.13 Å². The van der Waals surface area contributed by atoms with E-state index in [-0.39, 0.29) is 0 Å². The molecule has 6 nitrogen and oxygen atoms in total. The van der Waals surface area contributed by atoms with Crippen molar-refractivity contribution >= 4 is 43.6 Å². The minimum atomic E-state index is 0.531. The lowest BCUT2D eigenvalue weighted by Crippen LogP contribution is -2.04. The third kappa shape index (κ3) is 5.37. The van der Waals surface area contributed by atoms with Crippen molar-refractivity contribution in [2.45, 2.75) is 0 Å². The lowest BCUT2D eigenvalue weighted by Gasteiger charge is -2.17. The number of aromatic nitrogens is 5. The molecule has 11 aromatic rings. The van der Waals surface area contributed by atoms with E-state index in [1.54, 1.807) is 0 Å². The predicted octanol–water partition coefficient (Wildman–Crippen LogP) is 12.6. The molecule has 0 saturated carbocycles. The van der Waals surface area contributed by atoms with Gasteiger partial charge >= 0.3 is 0 Å². The van der Waals surface area contributed by atoms with Crippen LogP contribution in [0.5, 0.6) is 0 Å². The van der Waals surface area contributed by atoms with Crippen LogP contribution in [0.1, 0.15) is 5.56 Å². The topological polar surface area (TPSA) is 72.3 Å². The van der Waals surface area contributed by atoms with Crippen molar-refractivity contribution in [1.29, 1.82) is 5.26 Å². The van der Waals surface area contributed by atoms with Crippen LogP contribution in [0.15, 0.2) is 194 Å². The van der Waals surface area contributed by atoms with E-state index in [2.05, 4.69) is 124 Å². The fraction of sp³-hybridized carbons (Fsp3) is 0. The smallest absolute Gasteiger partial charge is 0.166 e. The highest BCUT2D eigenvalue weighted by Crippen LogP contribution is 2.40. The van der Waals surface area contributed by atoms with Crippen LogP contribution < -0.4 is 0 Å². The molecule has 0 atom stereocenters. The third-order valence-electron chi connectivity index (χ3n) is 11.0. The van der Waals surface area contributed by atoms with Crippen molar-refractivity contribution in [1.82, 2.24) is 24.1 Å². The average molecular weight is 741 g/mol. The minimum Gasteiger partial charge on any atom is -0.309 e. The Kier molecular flexibility index (Phi) is 7.76. The van der Waals surface area contributed by atoms with Gasteiger partial charge in [0.05, 0.1) is 39.4 Å². The molecule has 0 N–H and O–H groups in total. The summed E-state index contributed by atoms with van der Waals surface area (Å²) in [7, 11) is 0. The number of nitrogens with zero attached hydrogens (tertiary/aromatic N) is 6. The molecule has 0 aliphatic heterocycles.